The summed E-state index contributed by atoms with van der Waals surface area (Å²) in [7, 11) is 6.00. The molecule has 0 aromatic carbocycles. The minimum atomic E-state index is -0.500. The van der Waals surface area contributed by atoms with Crippen LogP contribution in [0.2, 0.25) is 0 Å². The summed E-state index contributed by atoms with van der Waals surface area (Å²) in [6.07, 6.45) is 0. The number of aliphatic hydroxyl groups is 1. The van der Waals surface area contributed by atoms with E-state index in [1.807, 2.05) is 46.8 Å². The molecule has 0 rings (SSSR count). The van der Waals surface area contributed by atoms with Gasteiger partial charge in [-0.1, -0.05) is 78.2 Å². The fourth-order valence-electron chi connectivity index (χ4n) is 0. The van der Waals surface area contributed by atoms with Crippen LogP contribution < -0.4 is 0 Å². The first-order valence-corrected chi connectivity index (χ1v) is 8.77. The lowest BCUT2D eigenvalue weighted by atomic mass is 10.0. The van der Waals surface area contributed by atoms with Gasteiger partial charge in [-0.25, -0.2) is 0 Å². The summed E-state index contributed by atoms with van der Waals surface area (Å²) in [6.45, 7) is 26.1. The van der Waals surface area contributed by atoms with Crippen LogP contribution in [0, 0.1) is 28.1 Å². The zero-order valence-corrected chi connectivity index (χ0v) is 19.9. The molecule has 0 amide bonds. The Kier molecular flexibility index (Phi) is 57.7. The Balaban J connectivity index is -0.0000000224. The van der Waals surface area contributed by atoms with Crippen LogP contribution in [0.25, 0.3) is 0 Å². The van der Waals surface area contributed by atoms with Gasteiger partial charge in [0.1, 0.15) is 0 Å². The molecule has 0 unspecified atom stereocenters. The van der Waals surface area contributed by atoms with Gasteiger partial charge in [-0.3, -0.25) is 0 Å². The Labute approximate surface area is 184 Å². The summed E-state index contributed by atoms with van der Waals surface area (Å²) >= 11 is 0. The normalized spacial score (nSPS) is 9.07. The van der Waals surface area contributed by atoms with E-state index in [1.165, 1.54) is 0 Å². The minimum absolute atomic E-state index is 0. The molecule has 0 heterocycles. The summed E-state index contributed by atoms with van der Waals surface area (Å²) in [5.41, 5.74) is -0.153. The second kappa shape index (κ2) is 28.6. The molecular formula is C25H66N2O. The standard InChI is InChI=1S/C5H9N.C5H12.C4H10O.C4H10.C3H9N.4CH4/c1-5(2,3)4-6;1-5(2,3)4;1-4(2,3)5;2*1-4(2)3;;;;/h1-3H3;1-4H3;5H,1-3H3;4H,1-3H3;1-3H3;4*1H4. The van der Waals surface area contributed by atoms with Gasteiger partial charge in [0.2, 0.25) is 0 Å². The van der Waals surface area contributed by atoms with Crippen molar-refractivity contribution in [2.24, 2.45) is 16.7 Å². The summed E-state index contributed by atoms with van der Waals surface area (Å²) in [6, 6.07) is 2.10. The number of nitrogens with zero attached hydrogens (tertiary/aromatic N) is 2. The average molecular weight is 411 g/mol. The number of rotatable bonds is 0. The third-order valence-electron chi connectivity index (χ3n) is 0.335. The molecular weight excluding hydrogens is 344 g/mol. The first-order chi connectivity index (χ1) is 10.0. The van der Waals surface area contributed by atoms with Gasteiger partial charge in [-0.05, 0) is 74.0 Å². The van der Waals surface area contributed by atoms with Crippen molar-refractivity contribution in [2.75, 3.05) is 21.1 Å². The van der Waals surface area contributed by atoms with E-state index < -0.39 is 5.60 Å². The maximum absolute atomic E-state index is 8.52. The highest BCUT2D eigenvalue weighted by molar-refractivity contribution is 4.86. The topological polar surface area (TPSA) is 47.3 Å². The van der Waals surface area contributed by atoms with Crippen molar-refractivity contribution in [1.82, 2.24) is 4.90 Å². The van der Waals surface area contributed by atoms with Crippen molar-refractivity contribution in [3.05, 3.63) is 0 Å². The Hall–Kier alpha value is -0.590. The molecule has 0 aliphatic heterocycles. The number of nitriles is 1. The number of hydrogen-bond donors (Lipinski definition) is 1. The molecule has 0 spiro atoms. The SMILES string of the molecule is C.C.C.C.CC(C)(C)C.CC(C)(C)C#N.CC(C)(C)O.CC(C)C.CN(C)C. The molecule has 0 radical (unpaired) electrons. The second-order valence-corrected chi connectivity index (χ2v) is 10.6. The van der Waals surface area contributed by atoms with E-state index in [0.717, 1.165) is 5.92 Å². The molecule has 182 valence electrons. The van der Waals surface area contributed by atoms with Crippen molar-refractivity contribution in [3.63, 3.8) is 0 Å². The quantitative estimate of drug-likeness (QED) is 0.434. The summed E-state index contributed by atoms with van der Waals surface area (Å²) in [5, 5.41) is 16.7. The van der Waals surface area contributed by atoms with Crippen LogP contribution in [0.5, 0.6) is 0 Å². The summed E-state index contributed by atoms with van der Waals surface area (Å²) in [5.74, 6) is 0.833. The highest BCUT2D eigenvalue weighted by Crippen LogP contribution is 2.08. The van der Waals surface area contributed by atoms with E-state index in [9.17, 15) is 0 Å². The predicted molar refractivity (Wildman–Crippen MR) is 139 cm³/mol. The predicted octanol–water partition coefficient (Wildman–Crippen LogP) is 8.77. The van der Waals surface area contributed by atoms with Crippen molar-refractivity contribution in [2.45, 2.75) is 125 Å². The zero-order chi connectivity index (χ0) is 21.4. The maximum atomic E-state index is 8.52. The molecule has 0 aliphatic carbocycles. The van der Waals surface area contributed by atoms with Gasteiger partial charge in [0.05, 0.1) is 11.7 Å². The van der Waals surface area contributed by atoms with Gasteiger partial charge < -0.3 is 10.0 Å². The van der Waals surface area contributed by atoms with Crippen LogP contribution >= 0.6 is 0 Å². The van der Waals surface area contributed by atoms with Crippen LogP contribution in [0.3, 0.4) is 0 Å². The van der Waals surface area contributed by atoms with Gasteiger partial charge in [-0.2, -0.15) is 5.26 Å². The van der Waals surface area contributed by atoms with Crippen molar-refractivity contribution < 1.29 is 5.11 Å². The van der Waals surface area contributed by atoms with Crippen molar-refractivity contribution in [1.29, 1.82) is 5.26 Å². The monoisotopic (exact) mass is 411 g/mol. The molecule has 28 heavy (non-hydrogen) atoms. The Morgan fingerprint density at radius 2 is 0.714 bits per heavy atom. The Morgan fingerprint density at radius 3 is 0.714 bits per heavy atom. The lowest BCUT2D eigenvalue weighted by Crippen LogP contribution is -2.10. The van der Waals surface area contributed by atoms with Gasteiger partial charge in [0.15, 0.2) is 0 Å². The minimum Gasteiger partial charge on any atom is -0.391 e. The highest BCUT2D eigenvalue weighted by atomic mass is 16.3. The van der Waals surface area contributed by atoms with Gasteiger partial charge in [0, 0.05) is 5.41 Å². The molecule has 1 N–H and O–H groups in total. The molecule has 0 bridgehead atoms. The fourth-order valence-corrected chi connectivity index (χ4v) is 0. The van der Waals surface area contributed by atoms with Gasteiger partial charge in [0.25, 0.3) is 0 Å². The van der Waals surface area contributed by atoms with E-state index >= 15 is 0 Å². The molecule has 0 aromatic heterocycles. The highest BCUT2D eigenvalue weighted by Gasteiger charge is 2.04. The van der Waals surface area contributed by atoms with E-state index in [4.69, 9.17) is 10.4 Å². The lowest BCUT2D eigenvalue weighted by Gasteiger charge is -2.05. The smallest absolute Gasteiger partial charge is 0.0680 e. The van der Waals surface area contributed by atoms with Crippen LogP contribution in [0.1, 0.15) is 120 Å². The molecule has 0 fully saturated rings. The zero-order valence-electron chi connectivity index (χ0n) is 19.9. The summed E-state index contributed by atoms with van der Waals surface area (Å²) in [4.78, 5) is 2.00. The van der Waals surface area contributed by atoms with Crippen LogP contribution in [0.15, 0.2) is 0 Å². The van der Waals surface area contributed by atoms with E-state index in [0.29, 0.717) is 5.41 Å². The van der Waals surface area contributed by atoms with E-state index in [2.05, 4.69) is 54.5 Å². The molecule has 0 aliphatic rings. The third kappa shape index (κ3) is 2610. The first-order valence-electron chi connectivity index (χ1n) is 8.77. The second-order valence-electron chi connectivity index (χ2n) is 10.6. The largest absolute Gasteiger partial charge is 0.391 e. The van der Waals surface area contributed by atoms with Crippen molar-refractivity contribution >= 4 is 0 Å². The van der Waals surface area contributed by atoms with E-state index in [1.54, 1.807) is 20.8 Å². The third-order valence-corrected chi connectivity index (χ3v) is 0.335. The van der Waals surface area contributed by atoms with E-state index in [-0.39, 0.29) is 35.1 Å². The first kappa shape index (κ1) is 56.4. The fraction of sp³-hybridized carbons (Fsp3) is 0.960. The summed E-state index contributed by atoms with van der Waals surface area (Å²) < 4.78 is 0. The van der Waals surface area contributed by atoms with Crippen LogP contribution in [-0.2, 0) is 0 Å². The molecule has 0 saturated carbocycles. The molecule has 3 nitrogen and oxygen atoms in total. The molecule has 3 heteroatoms. The Bertz CT molecular complexity index is 233. The van der Waals surface area contributed by atoms with Gasteiger partial charge in [-0.15, -0.1) is 0 Å². The number of hydrogen-bond acceptors (Lipinski definition) is 3. The average Bonchev–Trinajstić information content (AvgIpc) is 2.08. The van der Waals surface area contributed by atoms with Crippen LogP contribution in [-0.4, -0.2) is 36.8 Å². The van der Waals surface area contributed by atoms with Crippen molar-refractivity contribution in [3.8, 4) is 6.07 Å². The molecule has 0 aromatic rings. The molecule has 0 saturated heterocycles. The Morgan fingerprint density at radius 1 is 0.679 bits per heavy atom. The lowest BCUT2D eigenvalue weighted by molar-refractivity contribution is 0.102. The maximum Gasteiger partial charge on any atom is 0.0680 e. The van der Waals surface area contributed by atoms with Crippen LogP contribution in [0.4, 0.5) is 0 Å². The van der Waals surface area contributed by atoms with Gasteiger partial charge >= 0.3 is 0 Å². The molecule has 0 atom stereocenters.